The minimum atomic E-state index is -0.103. The van der Waals surface area contributed by atoms with E-state index in [0.29, 0.717) is 16.8 Å². The van der Waals surface area contributed by atoms with Gasteiger partial charge < -0.3 is 4.52 Å². The van der Waals surface area contributed by atoms with Gasteiger partial charge in [0.25, 0.3) is 0 Å². The van der Waals surface area contributed by atoms with Gasteiger partial charge in [0.2, 0.25) is 16.9 Å². The summed E-state index contributed by atoms with van der Waals surface area (Å²) >= 11 is 1.30. The highest BCUT2D eigenvalue weighted by molar-refractivity contribution is 7.13. The van der Waals surface area contributed by atoms with Crippen molar-refractivity contribution in [1.82, 2.24) is 25.2 Å². The number of rotatable bonds is 4. The molecule has 9 heteroatoms. The molecule has 1 atom stereocenters. The van der Waals surface area contributed by atoms with E-state index in [0.717, 1.165) is 19.4 Å². The second-order valence-corrected chi connectivity index (χ2v) is 5.43. The lowest BCUT2D eigenvalue weighted by molar-refractivity contribution is -0.117. The number of carbonyl (C=O) groups is 1. The van der Waals surface area contributed by atoms with Gasteiger partial charge >= 0.3 is 0 Å². The van der Waals surface area contributed by atoms with Crippen molar-refractivity contribution in [1.29, 1.82) is 0 Å². The number of hydrogen-bond donors (Lipinski definition) is 1. The first-order valence-electron chi connectivity index (χ1n) is 6.32. The van der Waals surface area contributed by atoms with Crippen molar-refractivity contribution < 1.29 is 9.32 Å². The maximum absolute atomic E-state index is 12.0. The van der Waals surface area contributed by atoms with Crippen LogP contribution in [0.5, 0.6) is 0 Å². The topological polar surface area (TPSA) is 97.0 Å². The van der Waals surface area contributed by atoms with Crippen LogP contribution in [0.2, 0.25) is 0 Å². The highest BCUT2D eigenvalue weighted by Crippen LogP contribution is 2.29. The molecule has 20 heavy (non-hydrogen) atoms. The van der Waals surface area contributed by atoms with Gasteiger partial charge in [-0.15, -0.1) is 10.2 Å². The van der Waals surface area contributed by atoms with Crippen LogP contribution in [0.1, 0.15) is 30.6 Å². The predicted molar refractivity (Wildman–Crippen MR) is 71.1 cm³/mol. The van der Waals surface area contributed by atoms with E-state index < -0.39 is 0 Å². The van der Waals surface area contributed by atoms with Crippen LogP contribution in [0.25, 0.3) is 0 Å². The molecule has 3 rings (SSSR count). The first kappa shape index (κ1) is 13.1. The summed E-state index contributed by atoms with van der Waals surface area (Å²) in [6.45, 7) is 2.90. The largest absolute Gasteiger partial charge is 0.340 e. The average Bonchev–Trinajstić information content (AvgIpc) is 3.11. The molecule has 0 aliphatic carbocycles. The molecule has 0 saturated carbocycles. The summed E-state index contributed by atoms with van der Waals surface area (Å²) < 4.78 is 5.01. The number of anilines is 1. The van der Waals surface area contributed by atoms with Crippen molar-refractivity contribution in [3.63, 3.8) is 0 Å². The molecule has 8 nitrogen and oxygen atoms in total. The van der Waals surface area contributed by atoms with Gasteiger partial charge in [0, 0.05) is 6.92 Å². The van der Waals surface area contributed by atoms with E-state index in [1.807, 2.05) is 0 Å². The summed E-state index contributed by atoms with van der Waals surface area (Å²) in [5.74, 6) is 1.10. The Kier molecular flexibility index (Phi) is 3.70. The van der Waals surface area contributed by atoms with E-state index in [1.54, 1.807) is 12.4 Å². The van der Waals surface area contributed by atoms with Gasteiger partial charge in [-0.1, -0.05) is 16.5 Å². The van der Waals surface area contributed by atoms with Crippen LogP contribution in [0, 0.1) is 6.92 Å². The molecule has 1 fully saturated rings. The molecule has 1 aliphatic heterocycles. The molecule has 106 valence electrons. The number of aryl methyl sites for hydroxylation is 1. The van der Waals surface area contributed by atoms with E-state index in [1.165, 1.54) is 11.3 Å². The normalized spacial score (nSPS) is 19.4. The number of aromatic nitrogens is 4. The second-order valence-electron chi connectivity index (χ2n) is 4.59. The molecule has 1 aliphatic rings. The van der Waals surface area contributed by atoms with Crippen LogP contribution in [-0.4, -0.2) is 44.2 Å². The Labute approximate surface area is 119 Å². The Hall–Kier alpha value is -1.87. The third kappa shape index (κ3) is 2.83. The molecule has 1 amide bonds. The quantitative estimate of drug-likeness (QED) is 0.898. The van der Waals surface area contributed by atoms with Gasteiger partial charge in [-0.05, 0) is 19.4 Å². The lowest BCUT2D eigenvalue weighted by Gasteiger charge is -2.20. The third-order valence-electron chi connectivity index (χ3n) is 3.16. The number of nitrogens with zero attached hydrogens (tertiary/aromatic N) is 5. The smallest absolute Gasteiger partial charge is 0.240 e. The molecule has 1 saturated heterocycles. The summed E-state index contributed by atoms with van der Waals surface area (Å²) in [6.07, 6.45) is 1.95. The summed E-state index contributed by atoms with van der Waals surface area (Å²) in [4.78, 5) is 18.3. The van der Waals surface area contributed by atoms with Crippen molar-refractivity contribution in [2.45, 2.75) is 25.8 Å². The molecular formula is C11H14N6O2S. The van der Waals surface area contributed by atoms with Crippen LogP contribution in [-0.2, 0) is 4.79 Å². The van der Waals surface area contributed by atoms with Crippen LogP contribution in [0.4, 0.5) is 5.13 Å². The lowest BCUT2D eigenvalue weighted by Crippen LogP contribution is -2.33. The zero-order valence-electron chi connectivity index (χ0n) is 10.9. The fraction of sp³-hybridized carbons (Fsp3) is 0.545. The van der Waals surface area contributed by atoms with Gasteiger partial charge in [-0.3, -0.25) is 15.0 Å². The Bertz CT molecular complexity index is 584. The van der Waals surface area contributed by atoms with Crippen LogP contribution < -0.4 is 5.32 Å². The van der Waals surface area contributed by atoms with E-state index in [-0.39, 0.29) is 18.5 Å². The minimum Gasteiger partial charge on any atom is -0.340 e. The highest BCUT2D eigenvalue weighted by atomic mass is 32.1. The monoisotopic (exact) mass is 294 g/mol. The molecule has 2 aromatic rings. The van der Waals surface area contributed by atoms with Crippen molar-refractivity contribution in [2.24, 2.45) is 0 Å². The number of amides is 1. The SMILES string of the molecule is Cc1nc(C2CCCN2CC(=O)Nc2nncs2)no1. The van der Waals surface area contributed by atoms with Gasteiger partial charge in [0.1, 0.15) is 5.51 Å². The van der Waals surface area contributed by atoms with E-state index in [9.17, 15) is 4.79 Å². The number of nitrogens with one attached hydrogen (secondary N) is 1. The molecular weight excluding hydrogens is 280 g/mol. The molecule has 2 aromatic heterocycles. The Morgan fingerprint density at radius 2 is 2.55 bits per heavy atom. The summed E-state index contributed by atoms with van der Waals surface area (Å²) in [5, 5.41) is 14.7. The number of carbonyl (C=O) groups excluding carboxylic acids is 1. The minimum absolute atomic E-state index is 0.0487. The fourth-order valence-corrected chi connectivity index (χ4v) is 2.79. The highest BCUT2D eigenvalue weighted by Gasteiger charge is 2.31. The third-order valence-corrected chi connectivity index (χ3v) is 3.76. The lowest BCUT2D eigenvalue weighted by atomic mass is 10.2. The summed E-state index contributed by atoms with van der Waals surface area (Å²) in [5.41, 5.74) is 1.58. The molecule has 0 bridgehead atoms. The number of hydrogen-bond acceptors (Lipinski definition) is 8. The molecule has 0 radical (unpaired) electrons. The zero-order chi connectivity index (χ0) is 13.9. The van der Waals surface area contributed by atoms with E-state index in [4.69, 9.17) is 4.52 Å². The maximum atomic E-state index is 12.0. The van der Waals surface area contributed by atoms with Gasteiger partial charge in [-0.25, -0.2) is 0 Å². The molecule has 0 aromatic carbocycles. The molecule has 1 N–H and O–H groups in total. The summed E-state index contributed by atoms with van der Waals surface area (Å²) in [7, 11) is 0. The van der Waals surface area contributed by atoms with Crippen molar-refractivity contribution in [3.05, 3.63) is 17.2 Å². The van der Waals surface area contributed by atoms with Crippen molar-refractivity contribution in [3.8, 4) is 0 Å². The van der Waals surface area contributed by atoms with Gasteiger partial charge in [-0.2, -0.15) is 4.98 Å². The summed E-state index contributed by atoms with van der Waals surface area (Å²) in [6, 6.07) is 0.0487. The zero-order valence-corrected chi connectivity index (χ0v) is 11.8. The van der Waals surface area contributed by atoms with Crippen molar-refractivity contribution in [2.75, 3.05) is 18.4 Å². The molecule has 1 unspecified atom stereocenters. The van der Waals surface area contributed by atoms with Gasteiger partial charge in [0.05, 0.1) is 12.6 Å². The van der Waals surface area contributed by atoms with Crippen molar-refractivity contribution >= 4 is 22.4 Å². The first-order valence-corrected chi connectivity index (χ1v) is 7.20. The fourth-order valence-electron chi connectivity index (χ4n) is 2.33. The van der Waals surface area contributed by atoms with E-state index >= 15 is 0 Å². The van der Waals surface area contributed by atoms with E-state index in [2.05, 4.69) is 30.6 Å². The van der Waals surface area contributed by atoms with Crippen LogP contribution in [0.15, 0.2) is 10.0 Å². The van der Waals surface area contributed by atoms with Crippen LogP contribution >= 0.6 is 11.3 Å². The Morgan fingerprint density at radius 3 is 3.25 bits per heavy atom. The van der Waals surface area contributed by atoms with Gasteiger partial charge in [0.15, 0.2) is 5.82 Å². The number of likely N-dealkylation sites (tertiary alicyclic amines) is 1. The molecule has 3 heterocycles. The average molecular weight is 294 g/mol. The maximum Gasteiger partial charge on any atom is 0.240 e. The Morgan fingerprint density at radius 1 is 1.65 bits per heavy atom. The standard InChI is InChI=1S/C11H14N6O2S/c1-7-13-10(16-19-7)8-3-2-4-17(8)5-9(18)14-11-15-12-6-20-11/h6,8H,2-5H2,1H3,(H,14,15,18). The molecule has 0 spiro atoms. The Balaban J connectivity index is 1.62. The first-order chi connectivity index (χ1) is 9.72. The second kappa shape index (κ2) is 5.63. The van der Waals surface area contributed by atoms with Crippen LogP contribution in [0.3, 0.4) is 0 Å². The predicted octanol–water partition coefficient (Wildman–Crippen LogP) is 1.01.